The van der Waals surface area contributed by atoms with Gasteiger partial charge in [0.05, 0.1) is 13.0 Å². The number of urea groups is 1. The third-order valence-corrected chi connectivity index (χ3v) is 14.8. The first-order valence-corrected chi connectivity index (χ1v) is 25.4. The standard InChI is InChI=1S/C40H80N4O12Si2/c1-14-16-17-18-19-20-27-54-44-38(3,4)30-34(31-39(44,5)6)41-37(47)42-40(7,32-52-35(45)15-2)33-53-36(46)23-26-43(24-21-28-55-57(12,48-8)49-9)25-22-29-56-58(13,50-10)51-11/h15,34H,2,14,16-33H2,1,3-13H3,(H2,41,42,47). The first kappa shape index (κ1) is 54.0. The monoisotopic (exact) mass is 865 g/mol. The van der Waals surface area contributed by atoms with Crippen LogP contribution in [0.3, 0.4) is 0 Å². The fourth-order valence-electron chi connectivity index (χ4n) is 7.04. The molecular weight excluding hydrogens is 785 g/mol. The van der Waals surface area contributed by atoms with Crippen LogP contribution in [0, 0.1) is 0 Å². The van der Waals surface area contributed by atoms with Gasteiger partial charge in [0.15, 0.2) is 0 Å². The summed E-state index contributed by atoms with van der Waals surface area (Å²) in [5.41, 5.74) is -1.92. The number of hydrogen-bond acceptors (Lipinski definition) is 14. The van der Waals surface area contributed by atoms with Crippen LogP contribution in [0.5, 0.6) is 0 Å². The SMILES string of the molecule is C=CC(=O)OCC(C)(COC(=O)CCN(CCCO[Si](C)(OC)OC)CCCO[Si](C)(OC)OC)NC(=O)NC1CC(C)(C)N(OCCCCCCCC)C(C)(C)C1. The molecule has 0 saturated carbocycles. The second-order valence-electron chi connectivity index (χ2n) is 16.8. The topological polar surface area (TPSA) is 165 Å². The Hall–Kier alpha value is -1.98. The second kappa shape index (κ2) is 27.1. The zero-order chi connectivity index (χ0) is 43.9. The molecule has 0 aromatic heterocycles. The molecule has 18 heteroatoms. The quantitative estimate of drug-likeness (QED) is 0.0358. The molecule has 1 aliphatic heterocycles. The van der Waals surface area contributed by atoms with Gasteiger partial charge in [0.25, 0.3) is 0 Å². The lowest BCUT2D eigenvalue weighted by atomic mass is 9.79. The average Bonchev–Trinajstić information content (AvgIpc) is 3.17. The summed E-state index contributed by atoms with van der Waals surface area (Å²) >= 11 is 0. The average molecular weight is 865 g/mol. The number of hydroxylamine groups is 2. The first-order valence-electron chi connectivity index (χ1n) is 20.9. The smallest absolute Gasteiger partial charge is 0.463 e. The number of amides is 2. The fourth-order valence-corrected chi connectivity index (χ4v) is 8.88. The predicted molar refractivity (Wildman–Crippen MR) is 228 cm³/mol. The highest BCUT2D eigenvalue weighted by molar-refractivity contribution is 6.59. The molecule has 0 bridgehead atoms. The summed E-state index contributed by atoms with van der Waals surface area (Å²) in [6, 6.07) is -0.618. The number of nitrogens with zero attached hydrogens (tertiary/aromatic N) is 2. The van der Waals surface area contributed by atoms with Gasteiger partial charge in [0.1, 0.15) is 18.8 Å². The van der Waals surface area contributed by atoms with E-state index in [2.05, 4.69) is 61.8 Å². The molecular formula is C40H80N4O12Si2. The maximum atomic E-state index is 13.6. The zero-order valence-corrected chi connectivity index (χ0v) is 40.1. The van der Waals surface area contributed by atoms with Crippen LogP contribution in [0.2, 0.25) is 13.1 Å². The number of rotatable bonds is 32. The van der Waals surface area contributed by atoms with Crippen molar-refractivity contribution in [1.29, 1.82) is 0 Å². The number of hydrogen-bond donors (Lipinski definition) is 2. The molecule has 1 unspecified atom stereocenters. The van der Waals surface area contributed by atoms with Gasteiger partial charge in [-0.2, -0.15) is 5.06 Å². The molecule has 2 N–H and O–H groups in total. The first-order chi connectivity index (χ1) is 27.2. The van der Waals surface area contributed by atoms with Gasteiger partial charge in [-0.3, -0.25) is 9.63 Å². The van der Waals surface area contributed by atoms with Gasteiger partial charge in [0, 0.05) is 97.6 Å². The molecule has 2 amide bonds. The molecule has 1 saturated heterocycles. The number of carbonyl (C=O) groups is 3. The van der Waals surface area contributed by atoms with Crippen molar-refractivity contribution in [3.05, 3.63) is 12.7 Å². The van der Waals surface area contributed by atoms with Gasteiger partial charge in [-0.1, -0.05) is 45.6 Å². The molecule has 1 aliphatic rings. The fraction of sp³-hybridized carbons (Fsp3) is 0.875. The van der Waals surface area contributed by atoms with Crippen LogP contribution in [0.25, 0.3) is 0 Å². The van der Waals surface area contributed by atoms with Crippen molar-refractivity contribution in [3.63, 3.8) is 0 Å². The zero-order valence-electron chi connectivity index (χ0n) is 38.1. The number of ether oxygens (including phenoxy) is 2. The van der Waals surface area contributed by atoms with E-state index < -0.39 is 41.1 Å². The lowest BCUT2D eigenvalue weighted by Gasteiger charge is -2.53. The van der Waals surface area contributed by atoms with Crippen molar-refractivity contribution < 1.29 is 55.3 Å². The largest absolute Gasteiger partial charge is 0.497 e. The molecule has 1 rings (SSSR count). The van der Waals surface area contributed by atoms with Gasteiger partial charge in [-0.25, -0.2) is 9.59 Å². The van der Waals surface area contributed by atoms with E-state index in [1.165, 1.54) is 25.7 Å². The number of esters is 2. The number of unbranched alkanes of at least 4 members (excludes halogenated alkanes) is 5. The Kier molecular flexibility index (Phi) is 25.2. The summed E-state index contributed by atoms with van der Waals surface area (Å²) in [5.74, 6) is -1.12. The molecule has 0 radical (unpaired) electrons. The lowest BCUT2D eigenvalue weighted by Crippen LogP contribution is -2.65. The minimum atomic E-state index is -2.68. The van der Waals surface area contributed by atoms with Crippen LogP contribution >= 0.6 is 0 Å². The molecule has 1 heterocycles. The number of piperidine rings is 1. The van der Waals surface area contributed by atoms with Crippen LogP contribution in [-0.2, 0) is 50.5 Å². The van der Waals surface area contributed by atoms with Gasteiger partial charge < -0.3 is 51.6 Å². The second-order valence-corrected chi connectivity index (χ2v) is 22.5. The minimum Gasteiger partial charge on any atom is -0.463 e. The Morgan fingerprint density at radius 2 is 1.28 bits per heavy atom. The van der Waals surface area contributed by atoms with Crippen LogP contribution < -0.4 is 10.6 Å². The summed E-state index contributed by atoms with van der Waals surface area (Å²) in [5, 5.41) is 8.15. The van der Waals surface area contributed by atoms with Gasteiger partial charge in [-0.15, -0.1) is 0 Å². The molecule has 1 fully saturated rings. The summed E-state index contributed by atoms with van der Waals surface area (Å²) in [6.07, 6.45) is 11.0. The van der Waals surface area contributed by atoms with Gasteiger partial charge in [0.2, 0.25) is 0 Å². The Morgan fingerprint density at radius 1 is 0.776 bits per heavy atom. The Bertz CT molecular complexity index is 1160. The number of carbonyl (C=O) groups excluding carboxylic acids is 3. The Labute approximate surface area is 352 Å². The highest BCUT2D eigenvalue weighted by atomic mass is 28.4. The highest BCUT2D eigenvalue weighted by Crippen LogP contribution is 2.38. The van der Waals surface area contributed by atoms with Crippen molar-refractivity contribution in [2.45, 2.75) is 148 Å². The van der Waals surface area contributed by atoms with Crippen molar-refractivity contribution >= 4 is 35.6 Å². The van der Waals surface area contributed by atoms with Crippen LogP contribution in [0.15, 0.2) is 12.7 Å². The molecule has 0 aromatic carbocycles. The van der Waals surface area contributed by atoms with Gasteiger partial charge >= 0.3 is 35.6 Å². The van der Waals surface area contributed by atoms with Crippen molar-refractivity contribution in [1.82, 2.24) is 20.6 Å². The van der Waals surface area contributed by atoms with E-state index >= 15 is 0 Å². The molecule has 1 atom stereocenters. The van der Waals surface area contributed by atoms with E-state index in [0.717, 1.165) is 18.9 Å². The molecule has 58 heavy (non-hydrogen) atoms. The molecule has 0 aromatic rings. The van der Waals surface area contributed by atoms with E-state index in [0.29, 0.717) is 65.1 Å². The predicted octanol–water partition coefficient (Wildman–Crippen LogP) is 5.86. The van der Waals surface area contributed by atoms with Crippen LogP contribution in [0.1, 0.15) is 112 Å². The molecule has 340 valence electrons. The summed E-state index contributed by atoms with van der Waals surface area (Å²) in [7, 11) is 0.926. The maximum Gasteiger partial charge on any atom is 0.497 e. The number of nitrogens with one attached hydrogen (secondary N) is 2. The van der Waals surface area contributed by atoms with E-state index in [1.54, 1.807) is 35.4 Å². The Balaban J connectivity index is 2.87. The van der Waals surface area contributed by atoms with Crippen molar-refractivity contribution in [3.8, 4) is 0 Å². The third kappa shape index (κ3) is 21.0. The van der Waals surface area contributed by atoms with E-state index in [4.69, 9.17) is 40.9 Å². The normalized spacial score (nSPS) is 17.1. The molecule has 0 aliphatic carbocycles. The third-order valence-electron chi connectivity index (χ3n) is 10.4. The highest BCUT2D eigenvalue weighted by Gasteiger charge is 2.47. The summed E-state index contributed by atoms with van der Waals surface area (Å²) < 4.78 is 44.5. The van der Waals surface area contributed by atoms with Gasteiger partial charge in [-0.05, 0) is 66.7 Å². The minimum absolute atomic E-state index is 0.0886. The van der Waals surface area contributed by atoms with E-state index in [-0.39, 0.29) is 36.8 Å². The lowest BCUT2D eigenvalue weighted by molar-refractivity contribution is -0.284. The maximum absolute atomic E-state index is 13.6. The molecule has 0 spiro atoms. The molecule has 16 nitrogen and oxygen atoms in total. The van der Waals surface area contributed by atoms with Crippen LogP contribution in [-0.4, -0.2) is 149 Å². The van der Waals surface area contributed by atoms with E-state index in [9.17, 15) is 14.4 Å². The van der Waals surface area contributed by atoms with E-state index in [1.807, 2.05) is 13.1 Å². The summed E-state index contributed by atoms with van der Waals surface area (Å²) in [6.45, 7) is 22.3. The van der Waals surface area contributed by atoms with Crippen molar-refractivity contribution in [2.75, 3.05) is 81.1 Å². The van der Waals surface area contributed by atoms with Crippen LogP contribution in [0.4, 0.5) is 4.79 Å². The summed E-state index contributed by atoms with van der Waals surface area (Å²) in [4.78, 5) is 47.3. The Morgan fingerprint density at radius 3 is 1.78 bits per heavy atom. The van der Waals surface area contributed by atoms with Crippen molar-refractivity contribution in [2.24, 2.45) is 0 Å².